The molecule has 1 aliphatic rings. The maximum atomic E-state index is 12.9. The molecule has 2 unspecified atom stereocenters. The van der Waals surface area contributed by atoms with E-state index in [0.29, 0.717) is 36.3 Å². The number of rotatable bonds is 10. The number of aromatic nitrogens is 2. The number of methoxy groups -OCH3 is 2. The monoisotopic (exact) mass is 478 g/mol. The number of ether oxygens (including phenoxy) is 2. The number of carbonyl (C=O) groups excluding carboxylic acids is 1. The average molecular weight is 479 g/mol. The van der Waals surface area contributed by atoms with Crippen LogP contribution in [-0.4, -0.2) is 54.3 Å². The van der Waals surface area contributed by atoms with Gasteiger partial charge in [-0.25, -0.2) is 0 Å². The van der Waals surface area contributed by atoms with Crippen LogP contribution in [0.3, 0.4) is 0 Å². The molecular formula is C27H34N4O4. The zero-order valence-corrected chi connectivity index (χ0v) is 20.7. The van der Waals surface area contributed by atoms with Crippen LogP contribution in [-0.2, 0) is 17.8 Å². The zero-order valence-electron chi connectivity index (χ0n) is 20.7. The second-order valence-corrected chi connectivity index (χ2v) is 9.09. The highest BCUT2D eigenvalue weighted by atomic mass is 16.5. The van der Waals surface area contributed by atoms with E-state index in [9.17, 15) is 4.79 Å². The highest BCUT2D eigenvalue weighted by molar-refractivity contribution is 5.79. The van der Waals surface area contributed by atoms with Gasteiger partial charge in [0.05, 0.1) is 26.7 Å². The smallest absolute Gasteiger partial charge is 0.241 e. The van der Waals surface area contributed by atoms with Gasteiger partial charge in [0.1, 0.15) is 0 Å². The summed E-state index contributed by atoms with van der Waals surface area (Å²) in [6.07, 6.45) is 3.74. The summed E-state index contributed by atoms with van der Waals surface area (Å²) < 4.78 is 16.2. The highest BCUT2D eigenvalue weighted by Gasteiger charge is 2.27. The summed E-state index contributed by atoms with van der Waals surface area (Å²) in [4.78, 5) is 19.7. The SMILES string of the molecule is COc1ccc(-c2noc(CN3CCCC(C(=O)NC(C)CCc4ccccc4)C3)n2)cc1OC. The number of nitrogens with zero attached hydrogens (tertiary/aromatic N) is 3. The Labute approximate surface area is 206 Å². The Morgan fingerprint density at radius 3 is 2.74 bits per heavy atom. The van der Waals surface area contributed by atoms with Gasteiger partial charge in [0.25, 0.3) is 0 Å². The number of hydrogen-bond acceptors (Lipinski definition) is 7. The molecule has 2 aromatic carbocycles. The van der Waals surface area contributed by atoms with Gasteiger partial charge in [-0.3, -0.25) is 9.69 Å². The van der Waals surface area contributed by atoms with E-state index in [1.165, 1.54) is 5.56 Å². The molecule has 0 aliphatic carbocycles. The van der Waals surface area contributed by atoms with Crippen molar-refractivity contribution in [1.82, 2.24) is 20.4 Å². The van der Waals surface area contributed by atoms with Crippen molar-refractivity contribution in [1.29, 1.82) is 0 Å². The lowest BCUT2D eigenvalue weighted by Gasteiger charge is -2.31. The Hall–Kier alpha value is -3.39. The number of benzene rings is 2. The van der Waals surface area contributed by atoms with Gasteiger partial charge in [-0.2, -0.15) is 4.98 Å². The van der Waals surface area contributed by atoms with Crippen molar-refractivity contribution < 1.29 is 18.8 Å². The second-order valence-electron chi connectivity index (χ2n) is 9.09. The van der Waals surface area contributed by atoms with Crippen molar-refractivity contribution in [2.24, 2.45) is 5.92 Å². The Morgan fingerprint density at radius 1 is 1.17 bits per heavy atom. The lowest BCUT2D eigenvalue weighted by Crippen LogP contribution is -2.45. The number of nitrogens with one attached hydrogen (secondary N) is 1. The molecule has 1 fully saturated rings. The van der Waals surface area contributed by atoms with E-state index in [1.54, 1.807) is 14.2 Å². The van der Waals surface area contributed by atoms with Crippen LogP contribution in [0.5, 0.6) is 11.5 Å². The Morgan fingerprint density at radius 2 is 1.97 bits per heavy atom. The van der Waals surface area contributed by atoms with E-state index in [4.69, 9.17) is 14.0 Å². The Balaban J connectivity index is 1.29. The number of likely N-dealkylation sites (tertiary alicyclic amines) is 1. The van der Waals surface area contributed by atoms with Gasteiger partial charge in [0.15, 0.2) is 11.5 Å². The number of hydrogen-bond donors (Lipinski definition) is 1. The summed E-state index contributed by atoms with van der Waals surface area (Å²) in [6, 6.07) is 16.0. The van der Waals surface area contributed by atoms with Crippen molar-refractivity contribution in [3.8, 4) is 22.9 Å². The molecule has 8 heteroatoms. The third-order valence-electron chi connectivity index (χ3n) is 6.44. The van der Waals surface area contributed by atoms with Crippen LogP contribution in [0.15, 0.2) is 53.1 Å². The average Bonchev–Trinajstić information content (AvgIpc) is 3.36. The Bertz CT molecular complexity index is 1100. The number of amides is 1. The van der Waals surface area contributed by atoms with Crippen molar-refractivity contribution in [3.63, 3.8) is 0 Å². The molecule has 1 saturated heterocycles. The maximum absolute atomic E-state index is 12.9. The molecule has 1 aliphatic heterocycles. The predicted octanol–water partition coefficient (Wildman–Crippen LogP) is 4.10. The zero-order chi connectivity index (χ0) is 24.6. The van der Waals surface area contributed by atoms with Gasteiger partial charge in [-0.05, 0) is 62.9 Å². The summed E-state index contributed by atoms with van der Waals surface area (Å²) >= 11 is 0. The van der Waals surface area contributed by atoms with Gasteiger partial charge in [-0.15, -0.1) is 0 Å². The fourth-order valence-electron chi connectivity index (χ4n) is 4.48. The Kier molecular flexibility index (Phi) is 8.36. The largest absolute Gasteiger partial charge is 0.493 e. The first-order valence-corrected chi connectivity index (χ1v) is 12.2. The van der Waals surface area contributed by atoms with Gasteiger partial charge in [-0.1, -0.05) is 35.5 Å². The number of carbonyl (C=O) groups is 1. The molecule has 2 atom stereocenters. The third-order valence-corrected chi connectivity index (χ3v) is 6.44. The first kappa shape index (κ1) is 24.7. The molecule has 0 spiro atoms. The molecule has 1 amide bonds. The fourth-order valence-corrected chi connectivity index (χ4v) is 4.48. The minimum absolute atomic E-state index is 0.0313. The van der Waals surface area contributed by atoms with Crippen LogP contribution in [0.2, 0.25) is 0 Å². The molecule has 4 rings (SSSR count). The molecule has 2 heterocycles. The van der Waals surface area contributed by atoms with Crippen LogP contribution in [0, 0.1) is 5.92 Å². The summed E-state index contributed by atoms with van der Waals surface area (Å²) in [7, 11) is 3.19. The van der Waals surface area contributed by atoms with Gasteiger partial charge < -0.3 is 19.3 Å². The van der Waals surface area contributed by atoms with E-state index < -0.39 is 0 Å². The highest BCUT2D eigenvalue weighted by Crippen LogP contribution is 2.31. The summed E-state index contributed by atoms with van der Waals surface area (Å²) in [6.45, 7) is 4.19. The van der Waals surface area contributed by atoms with Crippen molar-refractivity contribution >= 4 is 5.91 Å². The third kappa shape index (κ3) is 6.60. The summed E-state index contributed by atoms with van der Waals surface area (Å²) in [5, 5.41) is 7.34. The van der Waals surface area contributed by atoms with E-state index >= 15 is 0 Å². The lowest BCUT2D eigenvalue weighted by molar-refractivity contribution is -0.127. The van der Waals surface area contributed by atoms with Gasteiger partial charge in [0, 0.05) is 18.2 Å². The number of aryl methyl sites for hydroxylation is 1. The second kappa shape index (κ2) is 11.8. The van der Waals surface area contributed by atoms with Crippen molar-refractivity contribution in [2.75, 3.05) is 27.3 Å². The van der Waals surface area contributed by atoms with Crippen molar-refractivity contribution in [2.45, 2.75) is 45.2 Å². The number of piperidine rings is 1. The molecule has 0 radical (unpaired) electrons. The summed E-state index contributed by atoms with van der Waals surface area (Å²) in [5.74, 6) is 2.39. The molecule has 35 heavy (non-hydrogen) atoms. The molecule has 0 saturated carbocycles. The van der Waals surface area contributed by atoms with E-state index in [-0.39, 0.29) is 17.9 Å². The molecule has 1 aromatic heterocycles. The fraction of sp³-hybridized carbons (Fsp3) is 0.444. The first-order chi connectivity index (χ1) is 17.1. The van der Waals surface area contributed by atoms with Crippen LogP contribution in [0.1, 0.15) is 37.6 Å². The predicted molar refractivity (Wildman–Crippen MR) is 133 cm³/mol. The van der Waals surface area contributed by atoms with Gasteiger partial charge >= 0.3 is 0 Å². The minimum Gasteiger partial charge on any atom is -0.493 e. The standard InChI is InChI=1S/C27H34N4O4/c1-19(11-12-20-8-5-4-6-9-20)28-27(32)22-10-7-15-31(17-22)18-25-29-26(30-35-25)21-13-14-23(33-2)24(16-21)34-3/h4-6,8-9,13-14,16,19,22H,7,10-12,15,17-18H2,1-3H3,(H,28,32). The van der Waals surface area contributed by atoms with E-state index in [1.807, 2.05) is 24.3 Å². The molecule has 186 valence electrons. The van der Waals surface area contributed by atoms with Gasteiger partial charge in [0.2, 0.25) is 17.6 Å². The molecular weight excluding hydrogens is 444 g/mol. The normalized spacial score (nSPS) is 17.1. The molecule has 3 aromatic rings. The molecule has 0 bridgehead atoms. The minimum atomic E-state index is -0.0313. The van der Waals surface area contributed by atoms with Crippen LogP contribution in [0.25, 0.3) is 11.4 Å². The van der Waals surface area contributed by atoms with Crippen LogP contribution in [0.4, 0.5) is 0 Å². The van der Waals surface area contributed by atoms with Crippen LogP contribution < -0.4 is 14.8 Å². The quantitative estimate of drug-likeness (QED) is 0.469. The van der Waals surface area contributed by atoms with E-state index in [2.05, 4.69) is 51.5 Å². The van der Waals surface area contributed by atoms with Crippen LogP contribution >= 0.6 is 0 Å². The maximum Gasteiger partial charge on any atom is 0.241 e. The lowest BCUT2D eigenvalue weighted by atomic mass is 9.96. The molecule has 1 N–H and O–H groups in total. The summed E-state index contributed by atoms with van der Waals surface area (Å²) in [5.41, 5.74) is 2.09. The van der Waals surface area contributed by atoms with Crippen molar-refractivity contribution in [3.05, 3.63) is 60.0 Å². The first-order valence-electron chi connectivity index (χ1n) is 12.2. The van der Waals surface area contributed by atoms with E-state index in [0.717, 1.165) is 37.8 Å². The topological polar surface area (TPSA) is 89.7 Å². The molecule has 8 nitrogen and oxygen atoms in total.